The lowest BCUT2D eigenvalue weighted by atomic mass is 9.89. The van der Waals surface area contributed by atoms with Gasteiger partial charge in [-0.3, -0.25) is 4.98 Å². The fraction of sp³-hybridized carbons (Fsp3) is 0.615. The van der Waals surface area contributed by atoms with Crippen LogP contribution in [0.4, 0.5) is 17.6 Å². The number of rotatable bonds is 2. The lowest BCUT2D eigenvalue weighted by Crippen LogP contribution is -2.40. The van der Waals surface area contributed by atoms with Crippen LogP contribution in [0, 0.1) is 6.92 Å². The quantitative estimate of drug-likeness (QED) is 0.840. The van der Waals surface area contributed by atoms with Crippen LogP contribution in [0.5, 0.6) is 0 Å². The van der Waals surface area contributed by atoms with Crippen LogP contribution in [0.3, 0.4) is 0 Å². The lowest BCUT2D eigenvalue weighted by Gasteiger charge is -2.30. The summed E-state index contributed by atoms with van der Waals surface area (Å²) in [5.41, 5.74) is -1.94. The summed E-state index contributed by atoms with van der Waals surface area (Å²) in [6.45, 7) is 2.46. The molecule has 1 aliphatic heterocycles. The van der Waals surface area contributed by atoms with Crippen LogP contribution < -0.4 is 5.32 Å². The van der Waals surface area contributed by atoms with Crippen LogP contribution in [-0.2, 0) is 12.6 Å². The largest absolute Gasteiger partial charge is 0.416 e. The highest BCUT2D eigenvalue weighted by Crippen LogP contribution is 2.33. The molecule has 0 aromatic carbocycles. The summed E-state index contributed by atoms with van der Waals surface area (Å²) < 4.78 is 52.7. The second-order valence-corrected chi connectivity index (χ2v) is 5.07. The first-order chi connectivity index (χ1) is 8.80. The summed E-state index contributed by atoms with van der Waals surface area (Å²) in [4.78, 5) is 3.93. The van der Waals surface area contributed by atoms with E-state index in [1.54, 1.807) is 0 Å². The van der Waals surface area contributed by atoms with E-state index >= 15 is 0 Å². The van der Waals surface area contributed by atoms with Gasteiger partial charge in [-0.05, 0) is 44.5 Å². The molecule has 0 saturated carbocycles. The normalized spacial score (nSPS) is 19.4. The smallest absolute Gasteiger partial charge is 0.316 e. The molecule has 6 heteroatoms. The topological polar surface area (TPSA) is 24.9 Å². The monoisotopic (exact) mass is 276 g/mol. The molecular formula is C13H16F4N2. The summed E-state index contributed by atoms with van der Waals surface area (Å²) in [5, 5.41) is 3.03. The molecule has 1 N–H and O–H groups in total. The number of halogens is 4. The Labute approximate surface area is 109 Å². The molecule has 2 rings (SSSR count). The van der Waals surface area contributed by atoms with E-state index in [0.29, 0.717) is 25.9 Å². The molecule has 106 valence electrons. The SMILES string of the molecule is Cc1cnc(CC2(F)CCNCC2)cc1C(F)(F)F. The number of alkyl halides is 4. The van der Waals surface area contributed by atoms with Crippen molar-refractivity contribution in [3.8, 4) is 0 Å². The molecule has 0 unspecified atom stereocenters. The molecular weight excluding hydrogens is 260 g/mol. The van der Waals surface area contributed by atoms with Crippen LogP contribution in [-0.4, -0.2) is 23.7 Å². The van der Waals surface area contributed by atoms with Gasteiger partial charge in [0.2, 0.25) is 0 Å². The van der Waals surface area contributed by atoms with E-state index in [0.717, 1.165) is 6.07 Å². The number of pyridine rings is 1. The lowest BCUT2D eigenvalue weighted by molar-refractivity contribution is -0.138. The van der Waals surface area contributed by atoms with Gasteiger partial charge in [0.25, 0.3) is 0 Å². The van der Waals surface area contributed by atoms with Crippen LogP contribution in [0.25, 0.3) is 0 Å². The Morgan fingerprint density at radius 2 is 1.95 bits per heavy atom. The first kappa shape index (κ1) is 14.2. The third kappa shape index (κ3) is 3.43. The molecule has 1 aromatic rings. The number of nitrogens with one attached hydrogen (secondary N) is 1. The van der Waals surface area contributed by atoms with E-state index in [2.05, 4.69) is 10.3 Å². The Kier molecular flexibility index (Phi) is 3.80. The fourth-order valence-corrected chi connectivity index (χ4v) is 2.35. The first-order valence-electron chi connectivity index (χ1n) is 6.23. The second kappa shape index (κ2) is 5.07. The van der Waals surface area contributed by atoms with Crippen molar-refractivity contribution in [2.24, 2.45) is 0 Å². The van der Waals surface area contributed by atoms with Gasteiger partial charge in [0.1, 0.15) is 5.67 Å². The van der Waals surface area contributed by atoms with Gasteiger partial charge < -0.3 is 5.32 Å². The summed E-state index contributed by atoms with van der Waals surface area (Å²) in [5.74, 6) is 0. The van der Waals surface area contributed by atoms with Crippen molar-refractivity contribution in [1.82, 2.24) is 10.3 Å². The van der Waals surface area contributed by atoms with Crippen molar-refractivity contribution in [2.75, 3.05) is 13.1 Å². The predicted molar refractivity (Wildman–Crippen MR) is 63.6 cm³/mol. The van der Waals surface area contributed by atoms with Crippen LogP contribution in [0.2, 0.25) is 0 Å². The molecule has 2 heterocycles. The number of nitrogens with zero attached hydrogens (tertiary/aromatic N) is 1. The summed E-state index contributed by atoms with van der Waals surface area (Å²) in [7, 11) is 0. The molecule has 0 aliphatic carbocycles. The van der Waals surface area contributed by atoms with Crippen LogP contribution >= 0.6 is 0 Å². The molecule has 0 spiro atoms. The molecule has 19 heavy (non-hydrogen) atoms. The van der Waals surface area contributed by atoms with E-state index in [4.69, 9.17) is 0 Å². The van der Waals surface area contributed by atoms with Gasteiger partial charge in [-0.1, -0.05) is 0 Å². The van der Waals surface area contributed by atoms with Gasteiger partial charge in [-0.2, -0.15) is 13.2 Å². The van der Waals surface area contributed by atoms with Crippen molar-refractivity contribution < 1.29 is 17.6 Å². The average Bonchev–Trinajstić information content (AvgIpc) is 2.31. The van der Waals surface area contributed by atoms with E-state index in [9.17, 15) is 17.6 Å². The minimum atomic E-state index is -4.42. The number of aryl methyl sites for hydroxylation is 1. The third-order valence-corrected chi connectivity index (χ3v) is 3.46. The molecule has 0 atom stereocenters. The highest BCUT2D eigenvalue weighted by Gasteiger charge is 2.35. The Balaban J connectivity index is 2.21. The van der Waals surface area contributed by atoms with Gasteiger partial charge in [0, 0.05) is 18.3 Å². The molecule has 1 saturated heterocycles. The third-order valence-electron chi connectivity index (χ3n) is 3.46. The Hall–Kier alpha value is -1.17. The maximum absolute atomic E-state index is 14.4. The van der Waals surface area contributed by atoms with Crippen molar-refractivity contribution in [3.63, 3.8) is 0 Å². The Bertz CT molecular complexity index is 450. The number of hydrogen-bond acceptors (Lipinski definition) is 2. The standard InChI is InChI=1S/C13H16F4N2/c1-9-8-19-10(6-11(9)13(15,16)17)7-12(14)2-4-18-5-3-12/h6,8,18H,2-5,7H2,1H3. The molecule has 0 bridgehead atoms. The van der Waals surface area contributed by atoms with Gasteiger partial charge in [0.15, 0.2) is 0 Å². The number of aromatic nitrogens is 1. The van der Waals surface area contributed by atoms with E-state index in [-0.39, 0.29) is 17.7 Å². The Morgan fingerprint density at radius 3 is 2.53 bits per heavy atom. The van der Waals surface area contributed by atoms with Crippen LogP contribution in [0.1, 0.15) is 29.7 Å². The highest BCUT2D eigenvalue weighted by atomic mass is 19.4. The number of hydrogen-bond donors (Lipinski definition) is 1. The van der Waals surface area contributed by atoms with E-state index < -0.39 is 17.4 Å². The zero-order valence-corrected chi connectivity index (χ0v) is 10.6. The van der Waals surface area contributed by atoms with Crippen molar-refractivity contribution >= 4 is 0 Å². The van der Waals surface area contributed by atoms with Crippen molar-refractivity contribution in [1.29, 1.82) is 0 Å². The summed E-state index contributed by atoms with van der Waals surface area (Å²) in [6, 6.07) is 0.971. The van der Waals surface area contributed by atoms with Crippen molar-refractivity contribution in [3.05, 3.63) is 29.1 Å². The van der Waals surface area contributed by atoms with Gasteiger partial charge >= 0.3 is 6.18 Å². The molecule has 1 aromatic heterocycles. The Morgan fingerprint density at radius 1 is 1.32 bits per heavy atom. The minimum Gasteiger partial charge on any atom is -0.316 e. The maximum Gasteiger partial charge on any atom is 0.416 e. The fourth-order valence-electron chi connectivity index (χ4n) is 2.35. The molecule has 2 nitrogen and oxygen atoms in total. The first-order valence-corrected chi connectivity index (χ1v) is 6.23. The minimum absolute atomic E-state index is 0.0575. The van der Waals surface area contributed by atoms with Gasteiger partial charge in [-0.25, -0.2) is 4.39 Å². The maximum atomic E-state index is 14.4. The molecule has 1 aliphatic rings. The number of piperidine rings is 1. The van der Waals surface area contributed by atoms with Crippen LogP contribution in [0.15, 0.2) is 12.3 Å². The zero-order valence-electron chi connectivity index (χ0n) is 10.6. The molecule has 1 fully saturated rings. The molecule has 0 amide bonds. The van der Waals surface area contributed by atoms with Gasteiger partial charge in [0.05, 0.1) is 5.56 Å². The van der Waals surface area contributed by atoms with Gasteiger partial charge in [-0.15, -0.1) is 0 Å². The van der Waals surface area contributed by atoms with E-state index in [1.807, 2.05) is 0 Å². The summed E-state index contributed by atoms with van der Waals surface area (Å²) >= 11 is 0. The average molecular weight is 276 g/mol. The highest BCUT2D eigenvalue weighted by molar-refractivity contribution is 5.28. The second-order valence-electron chi connectivity index (χ2n) is 5.07. The molecule has 0 radical (unpaired) electrons. The predicted octanol–water partition coefficient (Wildman–Crippen LogP) is 3.04. The zero-order chi connectivity index (χ0) is 14.1. The van der Waals surface area contributed by atoms with Crippen molar-refractivity contribution in [2.45, 2.75) is 38.0 Å². The summed E-state index contributed by atoms with van der Waals surface area (Å²) in [6.07, 6.45) is -2.69. The van der Waals surface area contributed by atoms with E-state index in [1.165, 1.54) is 13.1 Å².